The number of benzene rings is 1. The molecule has 86 valence electrons. The van der Waals surface area contributed by atoms with Gasteiger partial charge in [-0.3, -0.25) is 0 Å². The molecule has 0 aromatic heterocycles. The van der Waals surface area contributed by atoms with E-state index in [-0.39, 0.29) is 6.04 Å². The zero-order chi connectivity index (χ0) is 11.7. The van der Waals surface area contributed by atoms with Gasteiger partial charge in [0, 0.05) is 0 Å². The highest BCUT2D eigenvalue weighted by atomic mass is 16.2. The fourth-order valence-electron chi connectivity index (χ4n) is 2.32. The van der Waals surface area contributed by atoms with Gasteiger partial charge >= 0.3 is 6.03 Å². The van der Waals surface area contributed by atoms with E-state index in [1.807, 2.05) is 0 Å². The topological polar surface area (TPSA) is 55.1 Å². The second kappa shape index (κ2) is 4.16. The van der Waals surface area contributed by atoms with E-state index in [0.29, 0.717) is 5.92 Å². The summed E-state index contributed by atoms with van der Waals surface area (Å²) in [6.07, 6.45) is 1.99. The normalized spacial score (nSPS) is 18.6. The molecule has 16 heavy (non-hydrogen) atoms. The molecule has 1 aromatic rings. The van der Waals surface area contributed by atoms with E-state index in [1.165, 1.54) is 16.7 Å². The van der Waals surface area contributed by atoms with E-state index in [9.17, 15) is 4.79 Å². The molecule has 1 aliphatic carbocycles. The summed E-state index contributed by atoms with van der Waals surface area (Å²) in [4.78, 5) is 10.9. The molecule has 0 saturated heterocycles. The fraction of sp³-hybridized carbons (Fsp3) is 0.462. The summed E-state index contributed by atoms with van der Waals surface area (Å²) in [5.74, 6) is 0.549. The molecule has 1 aromatic carbocycles. The van der Waals surface area contributed by atoms with Gasteiger partial charge in [-0.25, -0.2) is 4.79 Å². The summed E-state index contributed by atoms with van der Waals surface area (Å²) in [6.45, 7) is 4.38. The van der Waals surface area contributed by atoms with Gasteiger partial charge in [-0.05, 0) is 35.4 Å². The van der Waals surface area contributed by atoms with Gasteiger partial charge in [0.15, 0.2) is 0 Å². The third-order valence-electron chi connectivity index (χ3n) is 3.23. The third kappa shape index (κ3) is 2.03. The Kier molecular flexibility index (Phi) is 2.86. The van der Waals surface area contributed by atoms with Crippen LogP contribution in [0.25, 0.3) is 0 Å². The predicted molar refractivity (Wildman–Crippen MR) is 64.3 cm³/mol. The summed E-state index contributed by atoms with van der Waals surface area (Å²) in [5, 5.41) is 2.79. The highest BCUT2D eigenvalue weighted by Crippen LogP contribution is 2.32. The molecule has 2 rings (SSSR count). The standard InChI is InChI=1S/C13H18N2O/c1-8(2)9-3-5-11-10(7-9)4-6-12(11)15-13(14)16/h3,5,7-8,12H,4,6H2,1-2H3,(H3,14,15,16). The molecular weight excluding hydrogens is 200 g/mol. The average Bonchev–Trinajstić information content (AvgIpc) is 2.60. The maximum Gasteiger partial charge on any atom is 0.312 e. The Morgan fingerprint density at radius 1 is 1.50 bits per heavy atom. The van der Waals surface area contributed by atoms with Gasteiger partial charge in [-0.2, -0.15) is 0 Å². The van der Waals surface area contributed by atoms with Gasteiger partial charge in [0.25, 0.3) is 0 Å². The van der Waals surface area contributed by atoms with Crippen LogP contribution < -0.4 is 11.1 Å². The molecule has 1 aliphatic rings. The molecule has 1 atom stereocenters. The van der Waals surface area contributed by atoms with Crippen LogP contribution in [0.1, 0.15) is 48.9 Å². The summed E-state index contributed by atoms with van der Waals surface area (Å²) < 4.78 is 0. The van der Waals surface area contributed by atoms with Crippen LogP contribution in [-0.4, -0.2) is 6.03 Å². The number of fused-ring (bicyclic) bond motifs is 1. The van der Waals surface area contributed by atoms with E-state index >= 15 is 0 Å². The second-order valence-corrected chi connectivity index (χ2v) is 4.71. The summed E-state index contributed by atoms with van der Waals surface area (Å²) in [7, 11) is 0. The SMILES string of the molecule is CC(C)c1ccc2c(c1)CCC2NC(N)=O. The summed E-state index contributed by atoms with van der Waals surface area (Å²) in [5.41, 5.74) is 9.09. The third-order valence-corrected chi connectivity index (χ3v) is 3.23. The Morgan fingerprint density at radius 2 is 2.25 bits per heavy atom. The van der Waals surface area contributed by atoms with Crippen molar-refractivity contribution >= 4 is 6.03 Å². The van der Waals surface area contributed by atoms with E-state index < -0.39 is 6.03 Å². The highest BCUT2D eigenvalue weighted by molar-refractivity contribution is 5.72. The quantitative estimate of drug-likeness (QED) is 0.787. The van der Waals surface area contributed by atoms with Crippen LogP contribution >= 0.6 is 0 Å². The molecule has 0 radical (unpaired) electrons. The lowest BCUT2D eigenvalue weighted by molar-refractivity contribution is 0.245. The summed E-state index contributed by atoms with van der Waals surface area (Å²) in [6, 6.07) is 6.19. The van der Waals surface area contributed by atoms with Gasteiger partial charge in [0.1, 0.15) is 0 Å². The zero-order valence-corrected chi connectivity index (χ0v) is 9.79. The second-order valence-electron chi connectivity index (χ2n) is 4.71. The first-order valence-electron chi connectivity index (χ1n) is 5.76. The molecule has 1 unspecified atom stereocenters. The smallest absolute Gasteiger partial charge is 0.312 e. The lowest BCUT2D eigenvalue weighted by Gasteiger charge is -2.13. The largest absolute Gasteiger partial charge is 0.352 e. The number of aryl methyl sites for hydroxylation is 1. The van der Waals surface area contributed by atoms with Crippen molar-refractivity contribution in [2.45, 2.75) is 38.6 Å². The Bertz CT molecular complexity index is 412. The van der Waals surface area contributed by atoms with Crippen molar-refractivity contribution in [2.24, 2.45) is 5.73 Å². The minimum atomic E-state index is -0.439. The minimum Gasteiger partial charge on any atom is -0.352 e. The number of hydrogen-bond acceptors (Lipinski definition) is 1. The molecule has 0 fully saturated rings. The number of nitrogens with one attached hydrogen (secondary N) is 1. The number of urea groups is 1. The van der Waals surface area contributed by atoms with Crippen molar-refractivity contribution in [3.63, 3.8) is 0 Å². The van der Waals surface area contributed by atoms with E-state index in [2.05, 4.69) is 37.4 Å². The van der Waals surface area contributed by atoms with Crippen LogP contribution in [0.5, 0.6) is 0 Å². The molecule has 0 saturated carbocycles. The Morgan fingerprint density at radius 3 is 2.88 bits per heavy atom. The molecule has 0 spiro atoms. The van der Waals surface area contributed by atoms with Crippen molar-refractivity contribution in [1.29, 1.82) is 0 Å². The average molecular weight is 218 g/mol. The van der Waals surface area contributed by atoms with Crippen LogP contribution in [0.2, 0.25) is 0 Å². The molecule has 0 aliphatic heterocycles. The number of carbonyl (C=O) groups is 1. The van der Waals surface area contributed by atoms with Crippen LogP contribution in [0.15, 0.2) is 18.2 Å². The van der Waals surface area contributed by atoms with Gasteiger partial charge < -0.3 is 11.1 Å². The zero-order valence-electron chi connectivity index (χ0n) is 9.79. The predicted octanol–water partition coefficient (Wildman–Crippen LogP) is 2.47. The molecule has 2 amide bonds. The van der Waals surface area contributed by atoms with Gasteiger partial charge in [0.2, 0.25) is 0 Å². The molecular formula is C13H18N2O. The maximum absolute atomic E-state index is 10.9. The van der Waals surface area contributed by atoms with Gasteiger partial charge in [-0.1, -0.05) is 32.0 Å². The first kappa shape index (κ1) is 11.0. The first-order chi connectivity index (χ1) is 7.58. The minimum absolute atomic E-state index is 0.105. The number of amides is 2. The Hall–Kier alpha value is -1.51. The van der Waals surface area contributed by atoms with Crippen LogP contribution in [0.4, 0.5) is 4.79 Å². The number of hydrogen-bond donors (Lipinski definition) is 2. The Labute approximate surface area is 96.0 Å². The number of nitrogens with two attached hydrogens (primary N) is 1. The maximum atomic E-state index is 10.9. The summed E-state index contributed by atoms with van der Waals surface area (Å²) >= 11 is 0. The molecule has 3 heteroatoms. The molecule has 3 N–H and O–H groups in total. The van der Waals surface area contributed by atoms with E-state index in [1.54, 1.807) is 0 Å². The number of rotatable bonds is 2. The van der Waals surface area contributed by atoms with E-state index in [0.717, 1.165) is 12.8 Å². The monoisotopic (exact) mass is 218 g/mol. The van der Waals surface area contributed by atoms with Crippen LogP contribution in [0.3, 0.4) is 0 Å². The van der Waals surface area contributed by atoms with Crippen molar-refractivity contribution < 1.29 is 4.79 Å². The van der Waals surface area contributed by atoms with Crippen molar-refractivity contribution in [2.75, 3.05) is 0 Å². The lowest BCUT2D eigenvalue weighted by Crippen LogP contribution is -2.32. The van der Waals surface area contributed by atoms with Gasteiger partial charge in [0.05, 0.1) is 6.04 Å². The van der Waals surface area contributed by atoms with Crippen LogP contribution in [0, 0.1) is 0 Å². The molecule has 0 heterocycles. The fourth-order valence-corrected chi connectivity index (χ4v) is 2.32. The molecule has 0 bridgehead atoms. The highest BCUT2D eigenvalue weighted by Gasteiger charge is 2.23. The number of carbonyl (C=O) groups excluding carboxylic acids is 1. The molecule has 3 nitrogen and oxygen atoms in total. The van der Waals surface area contributed by atoms with Crippen molar-refractivity contribution in [3.05, 3.63) is 34.9 Å². The van der Waals surface area contributed by atoms with Crippen molar-refractivity contribution in [3.8, 4) is 0 Å². The van der Waals surface area contributed by atoms with Gasteiger partial charge in [-0.15, -0.1) is 0 Å². The van der Waals surface area contributed by atoms with E-state index in [4.69, 9.17) is 5.73 Å². The number of primary amides is 1. The first-order valence-corrected chi connectivity index (χ1v) is 5.76. The Balaban J connectivity index is 2.25. The van der Waals surface area contributed by atoms with Crippen LogP contribution in [-0.2, 0) is 6.42 Å². The lowest BCUT2D eigenvalue weighted by atomic mass is 9.98. The van der Waals surface area contributed by atoms with Crippen molar-refractivity contribution in [1.82, 2.24) is 5.32 Å².